The van der Waals surface area contributed by atoms with Gasteiger partial charge in [0, 0.05) is 5.39 Å². The van der Waals surface area contributed by atoms with E-state index in [4.69, 9.17) is 0 Å². The number of nitrogens with zero attached hydrogens (tertiary/aromatic N) is 1. The molecule has 0 atom stereocenters. The molecule has 0 spiro atoms. The molecular formula is C14H17BrN2. The average molecular weight is 293 g/mol. The first-order valence-electron chi connectivity index (χ1n) is 6.39. The molecule has 0 unspecified atom stereocenters. The Labute approximate surface area is 110 Å². The van der Waals surface area contributed by atoms with Crippen LogP contribution < -0.4 is 0 Å². The summed E-state index contributed by atoms with van der Waals surface area (Å²) < 4.78 is 0.207. The minimum atomic E-state index is 0.207. The van der Waals surface area contributed by atoms with Crippen LogP contribution in [0.5, 0.6) is 0 Å². The van der Waals surface area contributed by atoms with Crippen LogP contribution in [0.25, 0.3) is 10.9 Å². The molecule has 1 aliphatic carbocycles. The normalized spacial score (nSPS) is 18.9. The molecule has 2 nitrogen and oxygen atoms in total. The summed E-state index contributed by atoms with van der Waals surface area (Å²) in [4.78, 5) is 0. The van der Waals surface area contributed by atoms with Crippen LogP contribution in [-0.4, -0.2) is 10.2 Å². The number of hydrogen-bond donors (Lipinski definition) is 1. The van der Waals surface area contributed by atoms with Gasteiger partial charge in [-0.15, -0.1) is 0 Å². The van der Waals surface area contributed by atoms with Crippen LogP contribution in [0.4, 0.5) is 0 Å². The maximum Gasteiger partial charge on any atom is 0.0698 e. The Morgan fingerprint density at radius 2 is 2.12 bits per heavy atom. The monoisotopic (exact) mass is 292 g/mol. The Kier molecular flexibility index (Phi) is 2.74. The molecule has 2 aromatic rings. The topological polar surface area (TPSA) is 28.7 Å². The van der Waals surface area contributed by atoms with Gasteiger partial charge in [0.1, 0.15) is 0 Å². The summed E-state index contributed by atoms with van der Waals surface area (Å²) in [6, 6.07) is 6.74. The van der Waals surface area contributed by atoms with Crippen LogP contribution in [0.1, 0.15) is 43.9 Å². The van der Waals surface area contributed by atoms with E-state index in [1.54, 1.807) is 0 Å². The number of aryl methyl sites for hydroxylation is 1. The van der Waals surface area contributed by atoms with E-state index >= 15 is 0 Å². The van der Waals surface area contributed by atoms with Gasteiger partial charge in [-0.1, -0.05) is 47.8 Å². The highest BCUT2D eigenvalue weighted by Gasteiger charge is 2.32. The lowest BCUT2D eigenvalue weighted by Crippen LogP contribution is -2.11. The van der Waals surface area contributed by atoms with Crippen LogP contribution in [0.3, 0.4) is 0 Å². The number of alkyl halides is 1. The molecular weight excluding hydrogens is 276 g/mol. The Morgan fingerprint density at radius 1 is 1.35 bits per heavy atom. The fraction of sp³-hybridized carbons (Fsp3) is 0.500. The summed E-state index contributed by atoms with van der Waals surface area (Å²) in [5.74, 6) is 0. The fourth-order valence-electron chi connectivity index (χ4n) is 2.85. The highest BCUT2D eigenvalue weighted by Crippen LogP contribution is 2.46. The maximum absolute atomic E-state index is 4.36. The van der Waals surface area contributed by atoms with Crippen molar-refractivity contribution in [3.05, 3.63) is 29.5 Å². The second-order valence-electron chi connectivity index (χ2n) is 4.96. The van der Waals surface area contributed by atoms with Gasteiger partial charge in [0.05, 0.1) is 15.5 Å². The summed E-state index contributed by atoms with van der Waals surface area (Å²) in [7, 11) is 0. The number of fused-ring (bicyclic) bond motifs is 1. The predicted octanol–water partition coefficient (Wildman–Crippen LogP) is 4.29. The van der Waals surface area contributed by atoms with Crippen molar-refractivity contribution < 1.29 is 0 Å². The van der Waals surface area contributed by atoms with Crippen molar-refractivity contribution >= 4 is 26.8 Å². The maximum atomic E-state index is 4.36. The third-order valence-corrected chi connectivity index (χ3v) is 5.14. The van der Waals surface area contributed by atoms with Gasteiger partial charge < -0.3 is 0 Å². The van der Waals surface area contributed by atoms with Gasteiger partial charge in [0.15, 0.2) is 0 Å². The van der Waals surface area contributed by atoms with E-state index in [-0.39, 0.29) is 4.32 Å². The highest BCUT2D eigenvalue weighted by atomic mass is 79.9. The molecule has 1 aliphatic rings. The minimum absolute atomic E-state index is 0.207. The van der Waals surface area contributed by atoms with Gasteiger partial charge in [-0.25, -0.2) is 0 Å². The zero-order chi connectivity index (χ0) is 11.9. The number of halogens is 1. The number of rotatable bonds is 2. The van der Waals surface area contributed by atoms with E-state index in [1.807, 2.05) is 0 Å². The zero-order valence-electron chi connectivity index (χ0n) is 10.1. The molecule has 1 heterocycles. The van der Waals surface area contributed by atoms with Gasteiger partial charge in [-0.05, 0) is 30.9 Å². The van der Waals surface area contributed by atoms with Crippen molar-refractivity contribution in [2.75, 3.05) is 0 Å². The number of benzene rings is 1. The molecule has 0 saturated heterocycles. The van der Waals surface area contributed by atoms with Crippen LogP contribution in [-0.2, 0) is 10.7 Å². The molecule has 3 rings (SSSR count). The molecule has 1 saturated carbocycles. The van der Waals surface area contributed by atoms with Crippen molar-refractivity contribution in [2.24, 2.45) is 0 Å². The zero-order valence-corrected chi connectivity index (χ0v) is 11.7. The predicted molar refractivity (Wildman–Crippen MR) is 74.5 cm³/mol. The number of nitrogens with one attached hydrogen (secondary N) is 1. The quantitative estimate of drug-likeness (QED) is 0.822. The van der Waals surface area contributed by atoms with Crippen LogP contribution >= 0.6 is 15.9 Å². The van der Waals surface area contributed by atoms with Crippen molar-refractivity contribution in [3.8, 4) is 0 Å². The SMILES string of the molecule is CCc1n[nH]c2cc(C3(Br)CCCC3)ccc12. The molecule has 90 valence electrons. The first kappa shape index (κ1) is 11.3. The van der Waals surface area contributed by atoms with Crippen molar-refractivity contribution in [1.82, 2.24) is 10.2 Å². The lowest BCUT2D eigenvalue weighted by atomic mass is 9.96. The number of aromatic amines is 1. The van der Waals surface area contributed by atoms with Crippen molar-refractivity contribution in [3.63, 3.8) is 0 Å². The van der Waals surface area contributed by atoms with Gasteiger partial charge in [-0.3, -0.25) is 5.10 Å². The van der Waals surface area contributed by atoms with Gasteiger partial charge >= 0.3 is 0 Å². The van der Waals surface area contributed by atoms with Crippen molar-refractivity contribution in [1.29, 1.82) is 0 Å². The molecule has 0 bridgehead atoms. The largest absolute Gasteiger partial charge is 0.278 e. The third kappa shape index (κ3) is 1.81. The van der Waals surface area contributed by atoms with Gasteiger partial charge in [0.25, 0.3) is 0 Å². The number of H-pyrrole nitrogens is 1. The summed E-state index contributed by atoms with van der Waals surface area (Å²) in [6.45, 7) is 2.15. The van der Waals surface area contributed by atoms with E-state index in [2.05, 4.69) is 51.3 Å². The average Bonchev–Trinajstić information content (AvgIpc) is 2.95. The van der Waals surface area contributed by atoms with E-state index in [0.717, 1.165) is 6.42 Å². The molecule has 3 heteroatoms. The van der Waals surface area contributed by atoms with Crippen molar-refractivity contribution in [2.45, 2.75) is 43.4 Å². The molecule has 1 aromatic heterocycles. The molecule has 0 amide bonds. The minimum Gasteiger partial charge on any atom is -0.278 e. The van der Waals surface area contributed by atoms with Crippen LogP contribution in [0.2, 0.25) is 0 Å². The Morgan fingerprint density at radius 3 is 2.82 bits per heavy atom. The summed E-state index contributed by atoms with van der Waals surface area (Å²) in [5.41, 5.74) is 3.74. The summed E-state index contributed by atoms with van der Waals surface area (Å²) in [5, 5.41) is 8.78. The Balaban J connectivity index is 2.08. The summed E-state index contributed by atoms with van der Waals surface area (Å²) in [6.07, 6.45) is 6.12. The molecule has 17 heavy (non-hydrogen) atoms. The standard InChI is InChI=1S/C14H17BrN2/c1-2-12-11-6-5-10(9-13(11)17-16-12)14(15)7-3-4-8-14/h5-6,9H,2-4,7-8H2,1H3,(H,16,17). The Hall–Kier alpha value is -0.830. The lowest BCUT2D eigenvalue weighted by Gasteiger charge is -2.21. The molecule has 1 fully saturated rings. The van der Waals surface area contributed by atoms with Gasteiger partial charge in [0.2, 0.25) is 0 Å². The van der Waals surface area contributed by atoms with E-state index in [9.17, 15) is 0 Å². The second kappa shape index (κ2) is 4.13. The number of aromatic nitrogens is 2. The first-order chi connectivity index (χ1) is 8.23. The summed E-state index contributed by atoms with van der Waals surface area (Å²) >= 11 is 3.93. The van der Waals surface area contributed by atoms with E-state index < -0.39 is 0 Å². The Bertz CT molecular complexity index is 538. The molecule has 1 aromatic carbocycles. The molecule has 0 aliphatic heterocycles. The lowest BCUT2D eigenvalue weighted by molar-refractivity contribution is 0.669. The first-order valence-corrected chi connectivity index (χ1v) is 7.18. The van der Waals surface area contributed by atoms with E-state index in [1.165, 1.54) is 47.8 Å². The third-order valence-electron chi connectivity index (χ3n) is 3.89. The second-order valence-corrected chi connectivity index (χ2v) is 6.47. The van der Waals surface area contributed by atoms with Crippen LogP contribution in [0, 0.1) is 0 Å². The molecule has 1 N–H and O–H groups in total. The smallest absolute Gasteiger partial charge is 0.0698 e. The van der Waals surface area contributed by atoms with E-state index in [0.29, 0.717) is 0 Å². The van der Waals surface area contributed by atoms with Crippen LogP contribution in [0.15, 0.2) is 18.2 Å². The number of hydrogen-bond acceptors (Lipinski definition) is 1. The fourth-order valence-corrected chi connectivity index (χ4v) is 3.66. The molecule has 0 radical (unpaired) electrons. The highest BCUT2D eigenvalue weighted by molar-refractivity contribution is 9.09. The van der Waals surface area contributed by atoms with Gasteiger partial charge in [-0.2, -0.15) is 5.10 Å².